The second kappa shape index (κ2) is 10.7. The number of aryl methyl sites for hydroxylation is 1. The number of aliphatic carboxylic acids is 1. The summed E-state index contributed by atoms with van der Waals surface area (Å²) in [6.07, 6.45) is 1.47. The van der Waals surface area contributed by atoms with Crippen LogP contribution in [0, 0.1) is 6.92 Å². The minimum absolute atomic E-state index is 0.108. The van der Waals surface area contributed by atoms with Gasteiger partial charge in [-0.05, 0) is 37.6 Å². The number of furan rings is 1. The third-order valence-electron chi connectivity index (χ3n) is 5.27. The van der Waals surface area contributed by atoms with Crippen molar-refractivity contribution in [2.75, 3.05) is 25.0 Å². The third kappa shape index (κ3) is 6.34. The van der Waals surface area contributed by atoms with Gasteiger partial charge in [-0.2, -0.15) is 13.2 Å². The highest BCUT2D eigenvalue weighted by molar-refractivity contribution is 7.12. The average Bonchev–Trinajstić information content (AvgIpc) is 3.55. The topological polar surface area (TPSA) is 99.8 Å². The zero-order valence-electron chi connectivity index (χ0n) is 18.5. The summed E-state index contributed by atoms with van der Waals surface area (Å²) in [6, 6.07) is 7.99. The van der Waals surface area contributed by atoms with Gasteiger partial charge < -0.3 is 19.3 Å². The quantitative estimate of drug-likeness (QED) is 0.570. The molecule has 1 aliphatic rings. The van der Waals surface area contributed by atoms with Crippen LogP contribution in [0.5, 0.6) is 0 Å². The van der Waals surface area contributed by atoms with Gasteiger partial charge in [-0.25, -0.2) is 9.78 Å². The number of carboxylic acid groups (broad SMARTS) is 1. The molecule has 34 heavy (non-hydrogen) atoms. The molecule has 1 amide bonds. The monoisotopic (exact) mass is 496 g/mol. The van der Waals surface area contributed by atoms with Crippen molar-refractivity contribution in [3.05, 3.63) is 52.8 Å². The number of likely N-dealkylation sites (N-methyl/N-ethyl adjacent to an activating group) is 1. The Balaban J connectivity index is 0.000000406. The van der Waals surface area contributed by atoms with E-state index in [2.05, 4.69) is 14.9 Å². The standard InChI is InChI=1S/C20H22N4O2S.C2HF3O2/c1-14-20(17-4-3-11-26-17)22-18(27-14)12-19(25)23(2)16-7-10-24(13-16)15-5-8-21-9-6-15;3-2(4,5)1(6)7/h3-6,8-9,11,16H,7,10,12-13H2,1-2H3;(H,6,7). The van der Waals surface area contributed by atoms with Crippen molar-refractivity contribution >= 4 is 28.9 Å². The summed E-state index contributed by atoms with van der Waals surface area (Å²) >= 11 is 1.56. The van der Waals surface area contributed by atoms with Gasteiger partial charge >= 0.3 is 12.1 Å². The number of rotatable bonds is 5. The SMILES string of the molecule is Cc1sc(CC(=O)N(C)C2CCN(c3ccncc3)C2)nc1-c1ccco1.O=C(O)C(F)(F)F. The molecule has 0 aromatic carbocycles. The first-order chi connectivity index (χ1) is 16.1. The molecule has 1 saturated heterocycles. The maximum absolute atomic E-state index is 12.8. The first-order valence-corrected chi connectivity index (χ1v) is 11.1. The fourth-order valence-corrected chi connectivity index (χ4v) is 4.40. The van der Waals surface area contributed by atoms with Crippen LogP contribution in [0.2, 0.25) is 0 Å². The van der Waals surface area contributed by atoms with E-state index in [-0.39, 0.29) is 11.9 Å². The van der Waals surface area contributed by atoms with Crippen LogP contribution in [0.3, 0.4) is 0 Å². The van der Waals surface area contributed by atoms with E-state index in [4.69, 9.17) is 14.3 Å². The Labute approximate surface area is 197 Å². The second-order valence-electron chi connectivity index (χ2n) is 7.57. The van der Waals surface area contributed by atoms with E-state index in [1.807, 2.05) is 43.1 Å². The minimum atomic E-state index is -5.08. The van der Waals surface area contributed by atoms with Gasteiger partial charge in [0.05, 0.1) is 18.7 Å². The van der Waals surface area contributed by atoms with E-state index >= 15 is 0 Å². The number of nitrogens with zero attached hydrogens (tertiary/aromatic N) is 4. The summed E-state index contributed by atoms with van der Waals surface area (Å²) in [6.45, 7) is 3.81. The number of hydrogen-bond acceptors (Lipinski definition) is 7. The summed E-state index contributed by atoms with van der Waals surface area (Å²) in [4.78, 5) is 35.6. The van der Waals surface area contributed by atoms with Crippen molar-refractivity contribution < 1.29 is 32.3 Å². The maximum atomic E-state index is 12.8. The average molecular weight is 497 g/mol. The number of aromatic nitrogens is 2. The fraction of sp³-hybridized carbons (Fsp3) is 0.364. The summed E-state index contributed by atoms with van der Waals surface area (Å²) in [5, 5.41) is 7.96. The normalized spacial score (nSPS) is 15.6. The van der Waals surface area contributed by atoms with Gasteiger partial charge in [0.25, 0.3) is 0 Å². The van der Waals surface area contributed by atoms with Crippen LogP contribution in [0.25, 0.3) is 11.5 Å². The number of hydrogen-bond donors (Lipinski definition) is 1. The molecule has 1 fully saturated rings. The van der Waals surface area contributed by atoms with Crippen LogP contribution in [0.15, 0.2) is 47.3 Å². The summed E-state index contributed by atoms with van der Waals surface area (Å²) in [5.41, 5.74) is 1.99. The summed E-state index contributed by atoms with van der Waals surface area (Å²) < 4.78 is 37.2. The highest BCUT2D eigenvalue weighted by Gasteiger charge is 2.38. The first-order valence-electron chi connectivity index (χ1n) is 10.3. The molecule has 4 rings (SSSR count). The second-order valence-corrected chi connectivity index (χ2v) is 8.86. The molecule has 3 aromatic heterocycles. The number of carbonyl (C=O) groups excluding carboxylic acids is 1. The highest BCUT2D eigenvalue weighted by atomic mass is 32.1. The number of amides is 1. The number of halogens is 3. The molecular weight excluding hydrogens is 473 g/mol. The van der Waals surface area contributed by atoms with Crippen molar-refractivity contribution in [2.45, 2.75) is 32.0 Å². The Kier molecular flexibility index (Phi) is 7.92. The molecule has 1 N–H and O–H groups in total. The Morgan fingerprint density at radius 2 is 1.97 bits per heavy atom. The van der Waals surface area contributed by atoms with Gasteiger partial charge in [-0.1, -0.05) is 0 Å². The molecule has 0 bridgehead atoms. The van der Waals surface area contributed by atoms with Gasteiger partial charge in [0.2, 0.25) is 5.91 Å². The molecule has 182 valence electrons. The molecule has 4 heterocycles. The summed E-state index contributed by atoms with van der Waals surface area (Å²) in [7, 11) is 1.90. The molecular formula is C22H23F3N4O4S. The smallest absolute Gasteiger partial charge is 0.475 e. The van der Waals surface area contributed by atoms with Crippen molar-refractivity contribution in [3.8, 4) is 11.5 Å². The minimum Gasteiger partial charge on any atom is -0.475 e. The van der Waals surface area contributed by atoms with Gasteiger partial charge in [0.1, 0.15) is 10.7 Å². The predicted octanol–water partition coefficient (Wildman–Crippen LogP) is 4.02. The Morgan fingerprint density at radius 3 is 2.56 bits per heavy atom. The van der Waals surface area contributed by atoms with E-state index in [1.54, 1.807) is 30.0 Å². The Hall–Kier alpha value is -3.41. The van der Waals surface area contributed by atoms with Gasteiger partial charge in [-0.3, -0.25) is 9.78 Å². The summed E-state index contributed by atoms with van der Waals surface area (Å²) in [5.74, 6) is -1.90. The van der Waals surface area contributed by atoms with Crippen LogP contribution in [-0.2, 0) is 16.0 Å². The van der Waals surface area contributed by atoms with E-state index in [9.17, 15) is 18.0 Å². The zero-order valence-corrected chi connectivity index (χ0v) is 19.3. The van der Waals surface area contributed by atoms with Crippen LogP contribution in [0.4, 0.5) is 18.9 Å². The molecule has 0 aliphatic carbocycles. The van der Waals surface area contributed by atoms with E-state index in [0.29, 0.717) is 6.42 Å². The first kappa shape index (κ1) is 25.2. The lowest BCUT2D eigenvalue weighted by Crippen LogP contribution is -2.39. The van der Waals surface area contributed by atoms with Crippen LogP contribution in [0.1, 0.15) is 16.3 Å². The Bertz CT molecular complexity index is 1100. The van der Waals surface area contributed by atoms with Crippen LogP contribution < -0.4 is 4.90 Å². The number of thiazole rings is 1. The van der Waals surface area contributed by atoms with Crippen LogP contribution in [-0.4, -0.2) is 64.2 Å². The Morgan fingerprint density at radius 1 is 1.29 bits per heavy atom. The molecule has 1 atom stereocenters. The largest absolute Gasteiger partial charge is 0.490 e. The van der Waals surface area contributed by atoms with E-state index in [1.165, 1.54) is 0 Å². The van der Waals surface area contributed by atoms with E-state index in [0.717, 1.165) is 46.5 Å². The molecule has 1 aliphatic heterocycles. The molecule has 8 nitrogen and oxygen atoms in total. The predicted molar refractivity (Wildman–Crippen MR) is 120 cm³/mol. The van der Waals surface area contributed by atoms with Crippen molar-refractivity contribution in [3.63, 3.8) is 0 Å². The lowest BCUT2D eigenvalue weighted by atomic mass is 10.2. The maximum Gasteiger partial charge on any atom is 0.490 e. The van der Waals surface area contributed by atoms with Gasteiger partial charge in [0, 0.05) is 43.1 Å². The number of anilines is 1. The number of alkyl halides is 3. The highest BCUT2D eigenvalue weighted by Crippen LogP contribution is 2.29. The van der Waals surface area contributed by atoms with E-state index < -0.39 is 12.1 Å². The number of carbonyl (C=O) groups is 2. The zero-order chi connectivity index (χ0) is 24.9. The molecule has 0 spiro atoms. The molecule has 12 heteroatoms. The van der Waals surface area contributed by atoms with Crippen molar-refractivity contribution in [1.82, 2.24) is 14.9 Å². The van der Waals surface area contributed by atoms with Crippen LogP contribution >= 0.6 is 11.3 Å². The number of carboxylic acids is 1. The molecule has 3 aromatic rings. The molecule has 0 radical (unpaired) electrons. The molecule has 1 unspecified atom stereocenters. The van der Waals surface area contributed by atoms with Gasteiger partial charge in [0.15, 0.2) is 5.76 Å². The van der Waals surface area contributed by atoms with Crippen molar-refractivity contribution in [2.24, 2.45) is 0 Å². The fourth-order valence-electron chi connectivity index (χ4n) is 3.47. The number of pyridine rings is 1. The lowest BCUT2D eigenvalue weighted by Gasteiger charge is -2.25. The van der Waals surface area contributed by atoms with Crippen molar-refractivity contribution in [1.29, 1.82) is 0 Å². The molecule has 0 saturated carbocycles. The lowest BCUT2D eigenvalue weighted by molar-refractivity contribution is -0.192. The van der Waals surface area contributed by atoms with Gasteiger partial charge in [-0.15, -0.1) is 11.3 Å². The third-order valence-corrected chi connectivity index (χ3v) is 6.24.